The number of hydrogen-bond acceptors (Lipinski definition) is 5. The standard InChI is InChI=1S/C7H15NO3.C4H4O4/c1-8(2,3)5-6(9)4-7(10)11;5-3(6)1-2-4(7)8/h6,9H,4-5H2,1-3H3;1-2H,(H,5,6)(H,7,8)/b;2-1+. The van der Waals surface area contributed by atoms with E-state index < -0.39 is 24.0 Å². The van der Waals surface area contributed by atoms with E-state index in [0.29, 0.717) is 23.2 Å². The minimum absolute atomic E-state index is 0.282. The Hall–Kier alpha value is -1.93. The second-order valence-electron chi connectivity index (χ2n) is 4.71. The average molecular weight is 277 g/mol. The molecule has 8 nitrogen and oxygen atoms in total. The summed E-state index contributed by atoms with van der Waals surface area (Å²) in [6.07, 6.45) is 0.0280. The van der Waals surface area contributed by atoms with Gasteiger partial charge in [-0.1, -0.05) is 0 Å². The van der Waals surface area contributed by atoms with Crippen LogP contribution in [0.1, 0.15) is 6.42 Å². The normalized spacial score (nSPS) is 12.4. The van der Waals surface area contributed by atoms with Gasteiger partial charge in [0.2, 0.25) is 0 Å². The van der Waals surface area contributed by atoms with Crippen LogP contribution in [0.3, 0.4) is 0 Å². The molecular formula is C11H19NO7. The number of aliphatic hydroxyl groups is 1. The van der Waals surface area contributed by atoms with Crippen LogP contribution in [0, 0.1) is 0 Å². The Labute approximate surface area is 110 Å². The predicted molar refractivity (Wildman–Crippen MR) is 62.9 cm³/mol. The number of aliphatic hydroxyl groups excluding tert-OH is 1. The molecule has 0 fully saturated rings. The number of nitrogens with zero attached hydrogens (tertiary/aromatic N) is 1. The van der Waals surface area contributed by atoms with Crippen molar-refractivity contribution < 1.29 is 39.3 Å². The van der Waals surface area contributed by atoms with Gasteiger partial charge >= 0.3 is 11.9 Å². The molecule has 0 aliphatic heterocycles. The number of quaternary nitrogens is 1. The number of hydrogen-bond donors (Lipinski definition) is 3. The molecular weight excluding hydrogens is 258 g/mol. The Morgan fingerprint density at radius 2 is 1.47 bits per heavy atom. The first-order valence-electron chi connectivity index (χ1n) is 5.26. The van der Waals surface area contributed by atoms with Gasteiger partial charge in [0, 0.05) is 24.5 Å². The first-order chi connectivity index (χ1) is 8.44. The van der Waals surface area contributed by atoms with Crippen LogP contribution in [-0.4, -0.2) is 71.5 Å². The molecule has 0 saturated heterocycles. The highest BCUT2D eigenvalue weighted by Gasteiger charge is 2.14. The molecule has 1 atom stereocenters. The minimum atomic E-state index is -1.26. The average Bonchev–Trinajstić information content (AvgIpc) is 2.10. The summed E-state index contributed by atoms with van der Waals surface area (Å²) in [5.41, 5.74) is 0. The second kappa shape index (κ2) is 9.06. The highest BCUT2D eigenvalue weighted by Crippen LogP contribution is 1.97. The molecule has 0 bridgehead atoms. The Kier molecular flexibility index (Phi) is 9.26. The van der Waals surface area contributed by atoms with E-state index >= 15 is 0 Å². The number of likely N-dealkylation sites (N-methyl/N-ethyl adjacent to an activating group) is 1. The molecule has 0 aromatic carbocycles. The summed E-state index contributed by atoms with van der Waals surface area (Å²) in [7, 11) is 5.66. The first kappa shape index (κ1) is 19.4. The van der Waals surface area contributed by atoms with E-state index in [2.05, 4.69) is 0 Å². The fourth-order valence-electron chi connectivity index (χ4n) is 1.03. The predicted octanol–water partition coefficient (Wildman–Crippen LogP) is -2.09. The van der Waals surface area contributed by atoms with Crippen molar-refractivity contribution in [3.05, 3.63) is 12.2 Å². The molecule has 0 radical (unpaired) electrons. The lowest BCUT2D eigenvalue weighted by molar-refractivity contribution is -0.873. The van der Waals surface area contributed by atoms with Crippen LogP contribution in [0.25, 0.3) is 0 Å². The molecule has 0 spiro atoms. The summed E-state index contributed by atoms with van der Waals surface area (Å²) in [6, 6.07) is 0. The molecule has 0 heterocycles. The third-order valence-corrected chi connectivity index (χ3v) is 1.53. The van der Waals surface area contributed by atoms with Gasteiger partial charge in [0.1, 0.15) is 12.6 Å². The molecule has 0 aliphatic carbocycles. The van der Waals surface area contributed by atoms with Gasteiger partial charge in [0.05, 0.1) is 21.1 Å². The zero-order valence-corrected chi connectivity index (χ0v) is 11.1. The molecule has 19 heavy (non-hydrogen) atoms. The maximum Gasteiger partial charge on any atom is 0.328 e. The number of carboxylic acids is 3. The number of carboxylic acid groups (broad SMARTS) is 3. The molecule has 3 N–H and O–H groups in total. The maximum absolute atomic E-state index is 10.0. The van der Waals surface area contributed by atoms with Gasteiger partial charge in [-0.25, -0.2) is 9.59 Å². The van der Waals surface area contributed by atoms with E-state index in [9.17, 15) is 19.5 Å². The van der Waals surface area contributed by atoms with E-state index in [-0.39, 0.29) is 6.42 Å². The lowest BCUT2D eigenvalue weighted by Crippen LogP contribution is -2.43. The topological polar surface area (TPSA) is 135 Å². The van der Waals surface area contributed by atoms with Gasteiger partial charge in [-0.05, 0) is 0 Å². The van der Waals surface area contributed by atoms with Crippen molar-refractivity contribution in [1.29, 1.82) is 0 Å². The summed E-state index contributed by atoms with van der Waals surface area (Å²) in [5, 5.41) is 34.8. The Morgan fingerprint density at radius 1 is 1.11 bits per heavy atom. The fraction of sp³-hybridized carbons (Fsp3) is 0.545. The largest absolute Gasteiger partial charge is 0.550 e. The summed E-state index contributed by atoms with van der Waals surface area (Å²) in [5.74, 6) is -3.72. The summed E-state index contributed by atoms with van der Waals surface area (Å²) in [6.45, 7) is 0.425. The number of carbonyl (C=O) groups is 3. The van der Waals surface area contributed by atoms with Crippen molar-refractivity contribution in [3.63, 3.8) is 0 Å². The molecule has 0 rings (SSSR count). The maximum atomic E-state index is 10.0. The van der Waals surface area contributed by atoms with Crippen LogP contribution in [0.5, 0.6) is 0 Å². The third-order valence-electron chi connectivity index (χ3n) is 1.53. The fourth-order valence-corrected chi connectivity index (χ4v) is 1.03. The van der Waals surface area contributed by atoms with E-state index in [4.69, 9.17) is 15.3 Å². The van der Waals surface area contributed by atoms with Crippen LogP contribution in [0.15, 0.2) is 12.2 Å². The van der Waals surface area contributed by atoms with Crippen molar-refractivity contribution in [2.45, 2.75) is 12.5 Å². The molecule has 1 unspecified atom stereocenters. The Balaban J connectivity index is 0. The van der Waals surface area contributed by atoms with E-state index in [1.807, 2.05) is 21.1 Å². The highest BCUT2D eigenvalue weighted by atomic mass is 16.4. The van der Waals surface area contributed by atoms with E-state index in [1.54, 1.807) is 0 Å². The van der Waals surface area contributed by atoms with Gasteiger partial charge in [-0.3, -0.25) is 0 Å². The van der Waals surface area contributed by atoms with Crippen molar-refractivity contribution in [2.75, 3.05) is 27.7 Å². The van der Waals surface area contributed by atoms with E-state index in [1.165, 1.54) is 0 Å². The SMILES string of the molecule is C[N+](C)(C)CC(O)CC(=O)[O-].O=C(O)/C=C/C(=O)O. The number of aliphatic carboxylic acids is 3. The second-order valence-corrected chi connectivity index (χ2v) is 4.71. The zero-order valence-electron chi connectivity index (χ0n) is 11.1. The number of carbonyl (C=O) groups excluding carboxylic acids is 1. The van der Waals surface area contributed by atoms with Crippen molar-refractivity contribution >= 4 is 17.9 Å². The van der Waals surface area contributed by atoms with E-state index in [0.717, 1.165) is 0 Å². The van der Waals surface area contributed by atoms with Gasteiger partial charge in [-0.15, -0.1) is 0 Å². The molecule has 0 aromatic rings. The number of rotatable bonds is 6. The first-order valence-corrected chi connectivity index (χ1v) is 5.26. The van der Waals surface area contributed by atoms with Crippen LogP contribution in [-0.2, 0) is 14.4 Å². The summed E-state index contributed by atoms with van der Waals surface area (Å²) < 4.78 is 0.550. The molecule has 0 saturated carbocycles. The van der Waals surface area contributed by atoms with Crippen LogP contribution < -0.4 is 5.11 Å². The van der Waals surface area contributed by atoms with Gasteiger partial charge in [0.15, 0.2) is 0 Å². The monoisotopic (exact) mass is 277 g/mol. The molecule has 0 aliphatic rings. The van der Waals surface area contributed by atoms with Crippen LogP contribution >= 0.6 is 0 Å². The van der Waals surface area contributed by atoms with Gasteiger partial charge in [-0.2, -0.15) is 0 Å². The quantitative estimate of drug-likeness (QED) is 0.374. The Morgan fingerprint density at radius 3 is 1.68 bits per heavy atom. The summed E-state index contributed by atoms with van der Waals surface area (Å²) in [4.78, 5) is 29.1. The van der Waals surface area contributed by atoms with Crippen molar-refractivity contribution in [1.82, 2.24) is 0 Å². The molecule has 110 valence electrons. The highest BCUT2D eigenvalue weighted by molar-refractivity contribution is 5.89. The van der Waals surface area contributed by atoms with Gasteiger partial charge < -0.3 is 29.7 Å². The Bertz CT molecular complexity index is 327. The molecule has 0 amide bonds. The van der Waals surface area contributed by atoms with Crippen LogP contribution in [0.4, 0.5) is 0 Å². The van der Waals surface area contributed by atoms with Crippen molar-refractivity contribution in [2.24, 2.45) is 0 Å². The smallest absolute Gasteiger partial charge is 0.328 e. The summed E-state index contributed by atoms with van der Waals surface area (Å²) >= 11 is 0. The van der Waals surface area contributed by atoms with Crippen molar-refractivity contribution in [3.8, 4) is 0 Å². The molecule has 0 aromatic heterocycles. The van der Waals surface area contributed by atoms with Gasteiger partial charge in [0.25, 0.3) is 0 Å². The lowest BCUT2D eigenvalue weighted by Gasteiger charge is -2.26. The lowest BCUT2D eigenvalue weighted by atomic mass is 10.2. The zero-order chi connectivity index (χ0) is 15.6. The van der Waals surface area contributed by atoms with Crippen LogP contribution in [0.2, 0.25) is 0 Å². The molecule has 8 heteroatoms. The third kappa shape index (κ3) is 21.8. The minimum Gasteiger partial charge on any atom is -0.550 e.